The summed E-state index contributed by atoms with van der Waals surface area (Å²) in [5, 5.41) is 10.4. The Balaban J connectivity index is 1.51. The van der Waals surface area contributed by atoms with Gasteiger partial charge in [0.25, 0.3) is 5.91 Å². The van der Waals surface area contributed by atoms with Crippen LogP contribution >= 0.6 is 0 Å². The normalized spacial score (nSPS) is 10.7. The maximum absolute atomic E-state index is 13.0. The van der Waals surface area contributed by atoms with Gasteiger partial charge in [-0.1, -0.05) is 12.1 Å². The highest BCUT2D eigenvalue weighted by Gasteiger charge is 2.14. The maximum Gasteiger partial charge on any atom is 0.276 e. The molecule has 2 aromatic heterocycles. The maximum atomic E-state index is 13.0. The number of nitrogens with zero attached hydrogens (tertiary/aromatic N) is 3. The molecule has 2 aromatic carbocycles. The minimum atomic E-state index is -0.328. The first-order valence-electron chi connectivity index (χ1n) is 8.91. The van der Waals surface area contributed by atoms with Crippen LogP contribution in [0.25, 0.3) is 5.65 Å². The Morgan fingerprint density at radius 1 is 1.07 bits per heavy atom. The largest absolute Gasteiger partial charge is 0.497 e. The molecule has 0 fully saturated rings. The minimum Gasteiger partial charge on any atom is -0.497 e. The fraction of sp³-hybridized carbons (Fsp3) is 0.0952. The average Bonchev–Trinajstić information content (AvgIpc) is 3.17. The smallest absolute Gasteiger partial charge is 0.276 e. The van der Waals surface area contributed by atoms with Gasteiger partial charge < -0.3 is 15.4 Å². The lowest BCUT2D eigenvalue weighted by molar-refractivity contribution is 0.102. The molecular weight excluding hydrogens is 373 g/mol. The fourth-order valence-corrected chi connectivity index (χ4v) is 2.79. The van der Waals surface area contributed by atoms with Crippen molar-refractivity contribution in [2.45, 2.75) is 6.54 Å². The van der Waals surface area contributed by atoms with Gasteiger partial charge in [-0.25, -0.2) is 13.9 Å². The second kappa shape index (κ2) is 7.97. The Morgan fingerprint density at radius 2 is 1.83 bits per heavy atom. The molecule has 0 aliphatic heterocycles. The minimum absolute atomic E-state index is 0.278. The first kappa shape index (κ1) is 18.4. The summed E-state index contributed by atoms with van der Waals surface area (Å²) in [5.74, 6) is 0.666. The summed E-state index contributed by atoms with van der Waals surface area (Å²) in [6.45, 7) is 0.473. The Hall–Kier alpha value is -3.94. The van der Waals surface area contributed by atoms with Crippen LogP contribution in [-0.2, 0) is 6.54 Å². The molecule has 2 heterocycles. The van der Waals surface area contributed by atoms with Gasteiger partial charge in [0.2, 0.25) is 0 Å². The van der Waals surface area contributed by atoms with Crippen LogP contribution in [0, 0.1) is 5.82 Å². The van der Waals surface area contributed by atoms with E-state index in [1.807, 2.05) is 0 Å². The van der Waals surface area contributed by atoms with Gasteiger partial charge in [0.15, 0.2) is 11.3 Å². The van der Waals surface area contributed by atoms with Crippen molar-refractivity contribution in [3.63, 3.8) is 0 Å². The van der Waals surface area contributed by atoms with E-state index in [4.69, 9.17) is 4.74 Å². The number of hydrogen-bond donors (Lipinski definition) is 2. The first-order valence-corrected chi connectivity index (χ1v) is 8.91. The molecule has 0 saturated heterocycles. The lowest BCUT2D eigenvalue weighted by Gasteiger charge is -2.08. The zero-order valence-electron chi connectivity index (χ0n) is 15.6. The summed E-state index contributed by atoms with van der Waals surface area (Å²) < 4.78 is 19.6. The van der Waals surface area contributed by atoms with E-state index in [2.05, 4.69) is 20.7 Å². The monoisotopic (exact) mass is 391 g/mol. The molecule has 8 heteroatoms. The number of carbonyl (C=O) groups is 1. The molecule has 146 valence electrons. The number of halogens is 1. The van der Waals surface area contributed by atoms with Crippen molar-refractivity contribution in [1.29, 1.82) is 0 Å². The van der Waals surface area contributed by atoms with Gasteiger partial charge in [-0.3, -0.25) is 4.79 Å². The molecule has 0 aliphatic carbocycles. The predicted molar refractivity (Wildman–Crippen MR) is 108 cm³/mol. The van der Waals surface area contributed by atoms with Crippen molar-refractivity contribution < 1.29 is 13.9 Å². The third-order valence-electron chi connectivity index (χ3n) is 4.33. The van der Waals surface area contributed by atoms with E-state index in [9.17, 15) is 9.18 Å². The lowest BCUT2D eigenvalue weighted by Crippen LogP contribution is -2.16. The number of hydrogen-bond acceptors (Lipinski definition) is 5. The molecule has 7 nitrogen and oxygen atoms in total. The van der Waals surface area contributed by atoms with E-state index < -0.39 is 0 Å². The van der Waals surface area contributed by atoms with Gasteiger partial charge in [0.05, 0.1) is 13.3 Å². The van der Waals surface area contributed by atoms with E-state index in [0.717, 1.165) is 5.56 Å². The van der Waals surface area contributed by atoms with Crippen LogP contribution in [0.2, 0.25) is 0 Å². The zero-order valence-corrected chi connectivity index (χ0v) is 15.6. The summed E-state index contributed by atoms with van der Waals surface area (Å²) in [6.07, 6.45) is 1.48. The van der Waals surface area contributed by atoms with Crippen LogP contribution in [0.1, 0.15) is 16.1 Å². The number of carbonyl (C=O) groups excluding carboxylic acids is 1. The number of aromatic nitrogens is 3. The van der Waals surface area contributed by atoms with Gasteiger partial charge >= 0.3 is 0 Å². The number of rotatable bonds is 6. The number of benzene rings is 2. The van der Waals surface area contributed by atoms with E-state index in [-0.39, 0.29) is 11.7 Å². The molecule has 4 rings (SSSR count). The van der Waals surface area contributed by atoms with E-state index in [1.54, 1.807) is 55.6 Å². The van der Waals surface area contributed by atoms with Crippen LogP contribution in [0.4, 0.5) is 15.9 Å². The molecule has 0 atom stereocenters. The molecule has 1 amide bonds. The number of amides is 1. The second-order valence-corrected chi connectivity index (χ2v) is 6.29. The highest BCUT2D eigenvalue weighted by atomic mass is 19.1. The number of ether oxygens (including phenoxy) is 1. The predicted octanol–water partition coefficient (Wildman–Crippen LogP) is 3.74. The molecule has 0 bridgehead atoms. The van der Waals surface area contributed by atoms with Crippen molar-refractivity contribution in [2.75, 3.05) is 17.7 Å². The Labute approximate surface area is 166 Å². The second-order valence-electron chi connectivity index (χ2n) is 6.29. The molecule has 29 heavy (non-hydrogen) atoms. The molecule has 4 aromatic rings. The number of imidazole rings is 1. The number of anilines is 2. The quantitative estimate of drug-likeness (QED) is 0.523. The number of methoxy groups -OCH3 is 1. The van der Waals surface area contributed by atoms with Crippen LogP contribution in [0.3, 0.4) is 0 Å². The van der Waals surface area contributed by atoms with Crippen LogP contribution in [0.15, 0.2) is 66.9 Å². The fourth-order valence-electron chi connectivity index (χ4n) is 2.79. The average molecular weight is 391 g/mol. The molecule has 0 aliphatic rings. The molecular formula is C21H18FN5O2. The molecule has 0 spiro atoms. The molecule has 0 saturated carbocycles. The van der Waals surface area contributed by atoms with Crippen LogP contribution in [-0.4, -0.2) is 27.6 Å². The molecule has 0 radical (unpaired) electrons. The van der Waals surface area contributed by atoms with E-state index in [1.165, 1.54) is 22.8 Å². The van der Waals surface area contributed by atoms with Crippen molar-refractivity contribution in [3.05, 3.63) is 83.9 Å². The number of fused-ring (bicyclic) bond motifs is 1. The van der Waals surface area contributed by atoms with Gasteiger partial charge in [-0.05, 0) is 54.1 Å². The lowest BCUT2D eigenvalue weighted by atomic mass is 10.2. The van der Waals surface area contributed by atoms with Crippen molar-refractivity contribution in [1.82, 2.24) is 14.6 Å². The highest BCUT2D eigenvalue weighted by Crippen LogP contribution is 2.17. The van der Waals surface area contributed by atoms with Gasteiger partial charge in [-0.2, -0.15) is 0 Å². The van der Waals surface area contributed by atoms with Gasteiger partial charge in [0.1, 0.15) is 17.4 Å². The number of nitrogens with one attached hydrogen (secondary N) is 2. The first-order chi connectivity index (χ1) is 14.1. The van der Waals surface area contributed by atoms with Gasteiger partial charge in [-0.15, -0.1) is 5.10 Å². The summed E-state index contributed by atoms with van der Waals surface area (Å²) in [4.78, 5) is 16.9. The highest BCUT2D eigenvalue weighted by molar-refractivity contribution is 6.03. The SMILES string of the molecule is COc1ccc(NC(=O)c2cnc3ccc(NCc4ccc(F)cc4)nn23)cc1. The standard InChI is InChI=1S/C21H18FN5O2/c1-29-17-8-6-16(7-9-17)25-21(28)18-13-24-20-11-10-19(26-27(18)20)23-12-14-2-4-15(22)5-3-14/h2-11,13H,12H2,1H3,(H,23,26)(H,25,28). The van der Waals surface area contributed by atoms with Crippen molar-refractivity contribution in [2.24, 2.45) is 0 Å². The third-order valence-corrected chi connectivity index (χ3v) is 4.33. The van der Waals surface area contributed by atoms with E-state index in [0.29, 0.717) is 35.1 Å². The van der Waals surface area contributed by atoms with Crippen LogP contribution < -0.4 is 15.4 Å². The summed E-state index contributed by atoms with van der Waals surface area (Å²) >= 11 is 0. The zero-order chi connectivity index (χ0) is 20.2. The third kappa shape index (κ3) is 4.16. The van der Waals surface area contributed by atoms with Crippen LogP contribution in [0.5, 0.6) is 5.75 Å². The topological polar surface area (TPSA) is 80.5 Å². The van der Waals surface area contributed by atoms with Crippen molar-refractivity contribution in [3.8, 4) is 5.75 Å². The Kier molecular flexibility index (Phi) is 5.07. The Bertz CT molecular complexity index is 1140. The van der Waals surface area contributed by atoms with Crippen molar-refractivity contribution >= 4 is 23.1 Å². The molecule has 2 N–H and O–H groups in total. The van der Waals surface area contributed by atoms with Gasteiger partial charge in [0, 0.05) is 12.2 Å². The Morgan fingerprint density at radius 3 is 2.55 bits per heavy atom. The molecule has 0 unspecified atom stereocenters. The van der Waals surface area contributed by atoms with E-state index >= 15 is 0 Å². The summed E-state index contributed by atoms with van der Waals surface area (Å²) in [7, 11) is 1.58. The summed E-state index contributed by atoms with van der Waals surface area (Å²) in [6, 6.07) is 16.8. The summed E-state index contributed by atoms with van der Waals surface area (Å²) in [5.41, 5.74) is 2.41.